The van der Waals surface area contributed by atoms with Crippen molar-refractivity contribution in [1.82, 2.24) is 9.97 Å². The number of hydrogen-bond donors (Lipinski definition) is 0. The monoisotopic (exact) mass is 228 g/mol. The maximum Gasteiger partial charge on any atom is 0.224 e. The fraction of sp³-hybridized carbons (Fsp3) is 0.154. The summed E-state index contributed by atoms with van der Waals surface area (Å²) in [4.78, 5) is 20.1. The molecular weight excluding hydrogens is 216 g/mol. The lowest BCUT2D eigenvalue weighted by atomic mass is 10.1. The molecule has 0 radical (unpaired) electrons. The van der Waals surface area contributed by atoms with Crippen LogP contribution >= 0.6 is 0 Å². The number of pyridine rings is 2. The van der Waals surface area contributed by atoms with Crippen LogP contribution in [0.15, 0.2) is 42.7 Å². The second-order valence-corrected chi connectivity index (χ2v) is 3.48. The van der Waals surface area contributed by atoms with Gasteiger partial charge in [-0.1, -0.05) is 6.07 Å². The highest BCUT2D eigenvalue weighted by Crippen LogP contribution is 2.15. The summed E-state index contributed by atoms with van der Waals surface area (Å²) < 4.78 is 5.05. The van der Waals surface area contributed by atoms with Crippen molar-refractivity contribution >= 4 is 5.78 Å². The van der Waals surface area contributed by atoms with E-state index in [-0.39, 0.29) is 12.2 Å². The molecule has 4 nitrogen and oxygen atoms in total. The van der Waals surface area contributed by atoms with E-state index < -0.39 is 0 Å². The summed E-state index contributed by atoms with van der Waals surface area (Å²) in [5.41, 5.74) is 1.23. The fourth-order valence-corrected chi connectivity index (χ4v) is 1.53. The van der Waals surface area contributed by atoms with Gasteiger partial charge in [0.25, 0.3) is 0 Å². The number of carbonyl (C=O) groups excluding carboxylic acids is 1. The molecule has 0 N–H and O–H groups in total. The number of hydrogen-bond acceptors (Lipinski definition) is 4. The lowest BCUT2D eigenvalue weighted by Gasteiger charge is -2.05. The minimum atomic E-state index is -0.0475. The van der Waals surface area contributed by atoms with Gasteiger partial charge in [0.05, 0.1) is 19.1 Å². The van der Waals surface area contributed by atoms with Gasteiger partial charge in [-0.15, -0.1) is 0 Å². The van der Waals surface area contributed by atoms with E-state index in [9.17, 15) is 4.79 Å². The zero-order valence-corrected chi connectivity index (χ0v) is 9.46. The average molecular weight is 228 g/mol. The summed E-state index contributed by atoms with van der Waals surface area (Å²) in [7, 11) is 1.50. The minimum Gasteiger partial charge on any atom is -0.480 e. The number of rotatable bonds is 4. The van der Waals surface area contributed by atoms with Crippen LogP contribution in [0.2, 0.25) is 0 Å². The van der Waals surface area contributed by atoms with Crippen LogP contribution in [0.1, 0.15) is 16.1 Å². The van der Waals surface area contributed by atoms with E-state index in [2.05, 4.69) is 9.97 Å². The first-order valence-corrected chi connectivity index (χ1v) is 5.23. The molecule has 0 aliphatic rings. The number of ketones is 1. The summed E-state index contributed by atoms with van der Waals surface area (Å²) >= 11 is 0. The van der Waals surface area contributed by atoms with Crippen molar-refractivity contribution in [1.29, 1.82) is 0 Å². The maximum atomic E-state index is 12.0. The highest BCUT2D eigenvalue weighted by Gasteiger charge is 2.13. The first-order chi connectivity index (χ1) is 8.31. The number of Topliss-reactive ketones (excluding diaryl/α,β-unsaturated/α-hetero) is 1. The van der Waals surface area contributed by atoms with Crippen molar-refractivity contribution in [3.05, 3.63) is 54.0 Å². The standard InChI is InChI=1S/C13H12N2O2/c1-17-13-11(6-4-8-15-13)12(16)9-10-5-2-3-7-14-10/h2-8H,9H2,1H3. The Bertz CT molecular complexity index is 512. The summed E-state index contributed by atoms with van der Waals surface area (Å²) in [5, 5.41) is 0. The SMILES string of the molecule is COc1ncccc1C(=O)Cc1ccccn1. The molecule has 0 atom stereocenters. The van der Waals surface area contributed by atoms with Gasteiger partial charge in [-0.3, -0.25) is 9.78 Å². The lowest BCUT2D eigenvalue weighted by molar-refractivity contribution is 0.0988. The van der Waals surface area contributed by atoms with Crippen LogP contribution < -0.4 is 4.74 Å². The van der Waals surface area contributed by atoms with E-state index >= 15 is 0 Å². The van der Waals surface area contributed by atoms with Crippen LogP contribution in [0.5, 0.6) is 5.88 Å². The molecule has 0 aliphatic carbocycles. The molecule has 0 aliphatic heterocycles. The molecule has 2 aromatic heterocycles. The van der Waals surface area contributed by atoms with Crippen molar-refractivity contribution in [2.75, 3.05) is 7.11 Å². The normalized spacial score (nSPS) is 9.94. The van der Waals surface area contributed by atoms with Crippen LogP contribution in [-0.4, -0.2) is 22.9 Å². The molecule has 0 aromatic carbocycles. The Labute approximate surface area is 99.3 Å². The van der Waals surface area contributed by atoms with E-state index in [4.69, 9.17) is 4.74 Å². The Morgan fingerprint density at radius 3 is 2.71 bits per heavy atom. The van der Waals surface area contributed by atoms with E-state index in [1.165, 1.54) is 7.11 Å². The van der Waals surface area contributed by atoms with Crippen molar-refractivity contribution in [3.63, 3.8) is 0 Å². The molecule has 2 heterocycles. The highest BCUT2D eigenvalue weighted by molar-refractivity contribution is 5.99. The first kappa shape index (κ1) is 11.3. The highest BCUT2D eigenvalue weighted by atomic mass is 16.5. The predicted octanol–water partition coefficient (Wildman–Crippen LogP) is 1.91. The third-order valence-electron chi connectivity index (χ3n) is 2.33. The van der Waals surface area contributed by atoms with Gasteiger partial charge in [-0.05, 0) is 24.3 Å². The predicted molar refractivity (Wildman–Crippen MR) is 63.1 cm³/mol. The van der Waals surface area contributed by atoms with Gasteiger partial charge < -0.3 is 4.74 Å². The Morgan fingerprint density at radius 1 is 1.18 bits per heavy atom. The summed E-state index contributed by atoms with van der Waals surface area (Å²) in [6, 6.07) is 8.92. The Morgan fingerprint density at radius 2 is 2.00 bits per heavy atom. The number of nitrogens with zero attached hydrogens (tertiary/aromatic N) is 2. The Balaban J connectivity index is 2.20. The smallest absolute Gasteiger partial charge is 0.224 e. The molecule has 0 amide bonds. The third kappa shape index (κ3) is 2.66. The Kier molecular flexibility index (Phi) is 3.45. The minimum absolute atomic E-state index is 0.0475. The maximum absolute atomic E-state index is 12.0. The zero-order chi connectivity index (χ0) is 12.1. The molecule has 0 saturated carbocycles. The average Bonchev–Trinajstić information content (AvgIpc) is 2.40. The van der Waals surface area contributed by atoms with Gasteiger partial charge in [0.15, 0.2) is 5.78 Å². The van der Waals surface area contributed by atoms with Crippen LogP contribution in [0, 0.1) is 0 Å². The van der Waals surface area contributed by atoms with Crippen molar-refractivity contribution < 1.29 is 9.53 Å². The van der Waals surface area contributed by atoms with E-state index in [0.29, 0.717) is 11.4 Å². The molecule has 2 rings (SSSR count). The lowest BCUT2D eigenvalue weighted by Crippen LogP contribution is -2.07. The van der Waals surface area contributed by atoms with Gasteiger partial charge in [0, 0.05) is 18.1 Å². The van der Waals surface area contributed by atoms with Crippen LogP contribution in [0.3, 0.4) is 0 Å². The summed E-state index contributed by atoms with van der Waals surface area (Å²) in [6.45, 7) is 0. The number of carbonyl (C=O) groups is 1. The van der Waals surface area contributed by atoms with Gasteiger partial charge in [0.2, 0.25) is 5.88 Å². The quantitative estimate of drug-likeness (QED) is 0.750. The number of methoxy groups -OCH3 is 1. The number of aromatic nitrogens is 2. The van der Waals surface area contributed by atoms with Crippen LogP contribution in [0.25, 0.3) is 0 Å². The number of ether oxygens (including phenoxy) is 1. The van der Waals surface area contributed by atoms with Crippen molar-refractivity contribution in [2.45, 2.75) is 6.42 Å². The fourth-order valence-electron chi connectivity index (χ4n) is 1.53. The second-order valence-electron chi connectivity index (χ2n) is 3.48. The molecule has 17 heavy (non-hydrogen) atoms. The molecule has 0 unspecified atom stereocenters. The zero-order valence-electron chi connectivity index (χ0n) is 9.46. The topological polar surface area (TPSA) is 52.1 Å². The van der Waals surface area contributed by atoms with Gasteiger partial charge in [0.1, 0.15) is 0 Å². The summed E-state index contributed by atoms with van der Waals surface area (Å²) in [6.07, 6.45) is 3.52. The molecule has 0 saturated heterocycles. The Hall–Kier alpha value is -2.23. The molecule has 0 bridgehead atoms. The summed E-state index contributed by atoms with van der Waals surface area (Å²) in [5.74, 6) is 0.307. The molecule has 86 valence electrons. The van der Waals surface area contributed by atoms with Crippen molar-refractivity contribution in [2.24, 2.45) is 0 Å². The van der Waals surface area contributed by atoms with Crippen LogP contribution in [0.4, 0.5) is 0 Å². The molecule has 0 fully saturated rings. The first-order valence-electron chi connectivity index (χ1n) is 5.23. The van der Waals surface area contributed by atoms with E-state index in [0.717, 1.165) is 5.69 Å². The van der Waals surface area contributed by atoms with E-state index in [1.54, 1.807) is 24.5 Å². The van der Waals surface area contributed by atoms with Gasteiger partial charge in [-0.25, -0.2) is 4.98 Å². The van der Waals surface area contributed by atoms with Crippen LogP contribution in [-0.2, 0) is 6.42 Å². The van der Waals surface area contributed by atoms with Gasteiger partial charge >= 0.3 is 0 Å². The molecular formula is C13H12N2O2. The van der Waals surface area contributed by atoms with Crippen molar-refractivity contribution in [3.8, 4) is 5.88 Å². The molecule has 0 spiro atoms. The second kappa shape index (κ2) is 5.21. The third-order valence-corrected chi connectivity index (χ3v) is 2.33. The largest absolute Gasteiger partial charge is 0.480 e. The molecule has 2 aromatic rings. The van der Waals surface area contributed by atoms with Gasteiger partial charge in [-0.2, -0.15) is 0 Å². The van der Waals surface area contributed by atoms with E-state index in [1.807, 2.05) is 18.2 Å². The molecule has 4 heteroatoms.